The van der Waals surface area contributed by atoms with Crippen LogP contribution in [0.15, 0.2) is 54.6 Å². The molecule has 2 aliphatic rings. The number of fused-ring (bicyclic) bond motifs is 8. The zero-order valence-corrected chi connectivity index (χ0v) is 19.3. The standard InChI is InChI=1S/C26H15Cl3N4/c27-14-7-23(28)26(24(29)8-14)22-12-21-11-19-4-3-17(31-19)9-15-1-2-16(30-15)10-18-5-6-20(32-18)13-25(22)33-21/h1-13,31,33H. The second-order valence-electron chi connectivity index (χ2n) is 7.83. The van der Waals surface area contributed by atoms with Gasteiger partial charge in [-0.1, -0.05) is 34.8 Å². The van der Waals surface area contributed by atoms with Crippen molar-refractivity contribution in [3.05, 3.63) is 92.4 Å². The van der Waals surface area contributed by atoms with Crippen LogP contribution in [0.3, 0.4) is 0 Å². The van der Waals surface area contributed by atoms with E-state index in [0.717, 1.165) is 56.0 Å². The van der Waals surface area contributed by atoms with Crippen LogP contribution in [0.25, 0.3) is 57.5 Å². The van der Waals surface area contributed by atoms with E-state index >= 15 is 0 Å². The van der Waals surface area contributed by atoms with Crippen molar-refractivity contribution in [3.8, 4) is 11.1 Å². The summed E-state index contributed by atoms with van der Waals surface area (Å²) in [5.41, 5.74) is 8.63. The lowest BCUT2D eigenvalue weighted by Crippen LogP contribution is -1.82. The van der Waals surface area contributed by atoms with Crippen molar-refractivity contribution in [1.82, 2.24) is 19.9 Å². The molecule has 0 amide bonds. The van der Waals surface area contributed by atoms with Crippen LogP contribution in [-0.4, -0.2) is 19.9 Å². The second kappa shape index (κ2) is 7.92. The topological polar surface area (TPSA) is 57.4 Å². The summed E-state index contributed by atoms with van der Waals surface area (Å²) in [6.45, 7) is 0. The van der Waals surface area contributed by atoms with E-state index in [1.807, 2.05) is 66.8 Å². The number of nitrogens with zero attached hydrogens (tertiary/aromatic N) is 2. The molecule has 0 aliphatic carbocycles. The van der Waals surface area contributed by atoms with E-state index < -0.39 is 0 Å². The van der Waals surface area contributed by atoms with Crippen molar-refractivity contribution in [2.45, 2.75) is 0 Å². The first kappa shape index (κ1) is 20.3. The molecule has 1 aromatic carbocycles. The highest BCUT2D eigenvalue weighted by Gasteiger charge is 2.14. The molecule has 0 atom stereocenters. The van der Waals surface area contributed by atoms with Crippen molar-refractivity contribution in [2.24, 2.45) is 0 Å². The summed E-state index contributed by atoms with van der Waals surface area (Å²) in [7, 11) is 0. The Labute approximate surface area is 204 Å². The summed E-state index contributed by atoms with van der Waals surface area (Å²) >= 11 is 19.3. The van der Waals surface area contributed by atoms with Gasteiger partial charge in [0, 0.05) is 38.2 Å². The zero-order chi connectivity index (χ0) is 22.5. The molecule has 0 fully saturated rings. The van der Waals surface area contributed by atoms with Crippen LogP contribution < -0.4 is 0 Å². The first-order valence-electron chi connectivity index (χ1n) is 10.2. The van der Waals surface area contributed by atoms with Gasteiger partial charge in [-0.2, -0.15) is 0 Å². The summed E-state index contributed by atoms with van der Waals surface area (Å²) in [6, 6.07) is 17.4. The van der Waals surface area contributed by atoms with Gasteiger partial charge in [-0.3, -0.25) is 0 Å². The van der Waals surface area contributed by atoms with Gasteiger partial charge in [-0.05, 0) is 78.9 Å². The molecule has 5 heterocycles. The SMILES string of the molecule is Clc1cc(Cl)c(-c2cc3cc4ccc(cc5nc(cc6nc(cc2[nH]3)C=C6)C=C5)[nH]4)c(Cl)c1. The number of nitrogens with one attached hydrogen (secondary N) is 2. The van der Waals surface area contributed by atoms with Gasteiger partial charge < -0.3 is 9.97 Å². The van der Waals surface area contributed by atoms with E-state index in [0.29, 0.717) is 15.1 Å². The molecule has 0 unspecified atom stereocenters. The molecular formula is C26H15Cl3N4. The predicted octanol–water partition coefficient (Wildman–Crippen LogP) is 8.28. The molecule has 0 radical (unpaired) electrons. The smallest absolute Gasteiger partial charge is 0.0659 e. The fraction of sp³-hybridized carbons (Fsp3) is 0. The molecule has 4 nitrogen and oxygen atoms in total. The number of halogens is 3. The maximum Gasteiger partial charge on any atom is 0.0659 e. The quantitative estimate of drug-likeness (QED) is 0.244. The molecule has 7 heteroatoms. The Morgan fingerprint density at radius 1 is 0.545 bits per heavy atom. The Morgan fingerprint density at radius 2 is 1.12 bits per heavy atom. The number of aromatic amines is 2. The van der Waals surface area contributed by atoms with E-state index in [1.165, 1.54) is 0 Å². The molecule has 2 N–H and O–H groups in total. The van der Waals surface area contributed by atoms with Crippen molar-refractivity contribution in [2.75, 3.05) is 0 Å². The summed E-state index contributed by atoms with van der Waals surface area (Å²) in [5, 5.41) is 1.46. The Bertz CT molecular complexity index is 1630. The number of H-pyrrole nitrogens is 2. The van der Waals surface area contributed by atoms with Gasteiger partial charge in [0.25, 0.3) is 0 Å². The van der Waals surface area contributed by atoms with Gasteiger partial charge in [0.1, 0.15) is 0 Å². The monoisotopic (exact) mass is 488 g/mol. The van der Waals surface area contributed by atoms with Crippen LogP contribution in [0.2, 0.25) is 15.1 Å². The second-order valence-corrected chi connectivity index (χ2v) is 9.08. The lowest BCUT2D eigenvalue weighted by molar-refractivity contribution is 1.28. The van der Waals surface area contributed by atoms with Gasteiger partial charge in [-0.25, -0.2) is 9.97 Å². The summed E-state index contributed by atoms with van der Waals surface area (Å²) in [4.78, 5) is 16.3. The molecule has 6 rings (SSSR count). The Balaban J connectivity index is 1.69. The number of hydrogen-bond donors (Lipinski definition) is 2. The summed E-state index contributed by atoms with van der Waals surface area (Å²) in [5.74, 6) is 0. The van der Waals surface area contributed by atoms with Gasteiger partial charge in [0.15, 0.2) is 0 Å². The van der Waals surface area contributed by atoms with Gasteiger partial charge in [0.2, 0.25) is 0 Å². The first-order chi connectivity index (χ1) is 16.0. The van der Waals surface area contributed by atoms with E-state index in [9.17, 15) is 0 Å². The zero-order valence-electron chi connectivity index (χ0n) is 17.0. The van der Waals surface area contributed by atoms with Gasteiger partial charge >= 0.3 is 0 Å². The maximum atomic E-state index is 6.56. The van der Waals surface area contributed by atoms with Crippen LogP contribution in [0.1, 0.15) is 22.8 Å². The predicted molar refractivity (Wildman–Crippen MR) is 139 cm³/mol. The van der Waals surface area contributed by atoms with Crippen molar-refractivity contribution in [1.29, 1.82) is 0 Å². The highest BCUT2D eigenvalue weighted by molar-refractivity contribution is 6.42. The van der Waals surface area contributed by atoms with Gasteiger partial charge in [0.05, 0.1) is 32.8 Å². The van der Waals surface area contributed by atoms with Crippen LogP contribution in [-0.2, 0) is 0 Å². The first-order valence-corrected chi connectivity index (χ1v) is 11.4. The van der Waals surface area contributed by atoms with Crippen molar-refractivity contribution >= 4 is 81.2 Å². The molecule has 2 aliphatic heterocycles. The fourth-order valence-electron chi connectivity index (χ4n) is 4.02. The highest BCUT2D eigenvalue weighted by atomic mass is 35.5. The Hall–Kier alpha value is -3.31. The molecular weight excluding hydrogens is 475 g/mol. The van der Waals surface area contributed by atoms with Crippen molar-refractivity contribution < 1.29 is 0 Å². The minimum Gasteiger partial charge on any atom is -0.355 e. The number of aromatic nitrogens is 4. The normalized spacial score (nSPS) is 12.5. The Kier molecular flexibility index (Phi) is 4.88. The van der Waals surface area contributed by atoms with Crippen LogP contribution in [0.4, 0.5) is 0 Å². The molecule has 8 bridgehead atoms. The lowest BCUT2D eigenvalue weighted by Gasteiger charge is -2.06. The molecule has 160 valence electrons. The summed E-state index contributed by atoms with van der Waals surface area (Å²) in [6.07, 6.45) is 7.91. The Morgan fingerprint density at radius 3 is 1.79 bits per heavy atom. The minimum atomic E-state index is 0.484. The average Bonchev–Trinajstić information content (AvgIpc) is 3.53. The molecule has 4 aromatic rings. The number of rotatable bonds is 1. The lowest BCUT2D eigenvalue weighted by atomic mass is 10.1. The minimum absolute atomic E-state index is 0.484. The summed E-state index contributed by atoms with van der Waals surface area (Å²) < 4.78 is 0. The van der Waals surface area contributed by atoms with Crippen LogP contribution in [0.5, 0.6) is 0 Å². The van der Waals surface area contributed by atoms with Gasteiger partial charge in [-0.15, -0.1) is 0 Å². The van der Waals surface area contributed by atoms with Crippen LogP contribution in [0, 0.1) is 0 Å². The third-order valence-corrected chi connectivity index (χ3v) is 6.26. The van der Waals surface area contributed by atoms with Crippen molar-refractivity contribution in [3.63, 3.8) is 0 Å². The number of hydrogen-bond acceptors (Lipinski definition) is 2. The third kappa shape index (κ3) is 3.98. The third-order valence-electron chi connectivity index (χ3n) is 5.44. The maximum absolute atomic E-state index is 6.56. The highest BCUT2D eigenvalue weighted by Crippen LogP contribution is 2.40. The van der Waals surface area contributed by atoms with E-state index in [2.05, 4.69) is 15.0 Å². The van der Waals surface area contributed by atoms with E-state index in [-0.39, 0.29) is 0 Å². The average molecular weight is 490 g/mol. The molecule has 33 heavy (non-hydrogen) atoms. The molecule has 0 saturated heterocycles. The largest absolute Gasteiger partial charge is 0.355 e. The molecule has 0 saturated carbocycles. The van der Waals surface area contributed by atoms with E-state index in [1.54, 1.807) is 12.1 Å². The molecule has 0 spiro atoms. The molecule has 3 aromatic heterocycles. The fourth-order valence-corrected chi connectivity index (χ4v) is 5.05. The number of benzene rings is 1. The van der Waals surface area contributed by atoms with E-state index in [4.69, 9.17) is 39.8 Å². The van der Waals surface area contributed by atoms with Crippen LogP contribution >= 0.6 is 34.8 Å².